The molecule has 0 amide bonds. The van der Waals surface area contributed by atoms with E-state index in [9.17, 15) is 0 Å². The second-order valence-electron chi connectivity index (χ2n) is 5.53. The molecule has 2 aromatic rings. The van der Waals surface area contributed by atoms with Crippen LogP contribution in [0.2, 0.25) is 0 Å². The Hall–Kier alpha value is -1.19. The highest BCUT2D eigenvalue weighted by atomic mass is 32.1. The van der Waals surface area contributed by atoms with Crippen LogP contribution in [0, 0.1) is 6.92 Å². The van der Waals surface area contributed by atoms with Crippen LogP contribution in [0.4, 0.5) is 0 Å². The third-order valence-electron chi connectivity index (χ3n) is 4.10. The molecular weight excluding hydrogens is 264 g/mol. The second-order valence-corrected chi connectivity index (χ2v) is 6.70. The van der Waals surface area contributed by atoms with E-state index in [1.807, 2.05) is 23.7 Å². The van der Waals surface area contributed by atoms with Gasteiger partial charge in [-0.1, -0.05) is 6.92 Å². The third-order valence-corrected chi connectivity index (χ3v) is 5.40. The first-order valence-corrected chi connectivity index (χ1v) is 8.36. The number of aromatic nitrogens is 1. The van der Waals surface area contributed by atoms with Crippen molar-refractivity contribution >= 4 is 11.3 Å². The van der Waals surface area contributed by atoms with E-state index in [1.54, 1.807) is 10.4 Å². The molecule has 106 valence electrons. The van der Waals surface area contributed by atoms with Gasteiger partial charge in [0.05, 0.1) is 6.04 Å². The highest BCUT2D eigenvalue weighted by Crippen LogP contribution is 2.35. The van der Waals surface area contributed by atoms with Crippen LogP contribution in [0.25, 0.3) is 0 Å². The Labute approximate surface area is 125 Å². The van der Waals surface area contributed by atoms with E-state index < -0.39 is 0 Å². The maximum atomic E-state index is 4.32. The molecule has 1 aliphatic carbocycles. The smallest absolute Gasteiger partial charge is 0.0688 e. The third kappa shape index (κ3) is 2.65. The molecular formula is C17H22N2S. The lowest BCUT2D eigenvalue weighted by Gasteiger charge is -2.18. The standard InChI is InChI=1S/C17H22N2S/c1-3-19-17(14-11-18-9-8-12(14)2)16-10-13-6-4-5-7-15(13)20-16/h8-11,17,19H,3-7H2,1-2H3. The SMILES string of the molecule is CCNC(c1cc2c(s1)CCCC2)c1cnccc1C. The van der Waals surface area contributed by atoms with E-state index in [0.717, 1.165) is 6.54 Å². The van der Waals surface area contributed by atoms with Crippen LogP contribution in [0.15, 0.2) is 24.5 Å². The number of fused-ring (bicyclic) bond motifs is 1. The van der Waals surface area contributed by atoms with Crippen molar-refractivity contribution in [3.05, 3.63) is 51.0 Å². The van der Waals surface area contributed by atoms with Crippen molar-refractivity contribution in [2.45, 2.75) is 45.6 Å². The summed E-state index contributed by atoms with van der Waals surface area (Å²) in [5.74, 6) is 0. The summed E-state index contributed by atoms with van der Waals surface area (Å²) in [5, 5.41) is 3.64. The number of pyridine rings is 1. The molecule has 0 aromatic carbocycles. The van der Waals surface area contributed by atoms with E-state index in [-0.39, 0.29) is 0 Å². The summed E-state index contributed by atoms with van der Waals surface area (Å²) < 4.78 is 0. The van der Waals surface area contributed by atoms with Gasteiger partial charge in [-0.15, -0.1) is 11.3 Å². The molecule has 0 saturated carbocycles. The van der Waals surface area contributed by atoms with Crippen molar-refractivity contribution in [3.8, 4) is 0 Å². The Bertz CT molecular complexity index is 565. The molecule has 2 nitrogen and oxygen atoms in total. The van der Waals surface area contributed by atoms with E-state index >= 15 is 0 Å². The molecule has 0 aliphatic heterocycles. The Morgan fingerprint density at radius 1 is 1.35 bits per heavy atom. The normalized spacial score (nSPS) is 15.9. The van der Waals surface area contributed by atoms with Crippen molar-refractivity contribution in [3.63, 3.8) is 0 Å². The Morgan fingerprint density at radius 2 is 2.20 bits per heavy atom. The minimum atomic E-state index is 0.296. The van der Waals surface area contributed by atoms with E-state index in [4.69, 9.17) is 0 Å². The lowest BCUT2D eigenvalue weighted by molar-refractivity contribution is 0.633. The van der Waals surface area contributed by atoms with Crippen LogP contribution in [-0.2, 0) is 12.8 Å². The predicted molar refractivity (Wildman–Crippen MR) is 85.5 cm³/mol. The van der Waals surface area contributed by atoms with Gasteiger partial charge < -0.3 is 5.32 Å². The summed E-state index contributed by atoms with van der Waals surface area (Å²) in [4.78, 5) is 7.38. The zero-order valence-corrected chi connectivity index (χ0v) is 13.1. The molecule has 0 saturated heterocycles. The average molecular weight is 286 g/mol. The highest BCUT2D eigenvalue weighted by Gasteiger charge is 2.21. The first-order chi connectivity index (χ1) is 9.79. The summed E-state index contributed by atoms with van der Waals surface area (Å²) in [6, 6.07) is 4.83. The van der Waals surface area contributed by atoms with Gasteiger partial charge in [-0.25, -0.2) is 0 Å². The number of hydrogen-bond donors (Lipinski definition) is 1. The molecule has 1 unspecified atom stereocenters. The Kier molecular flexibility index (Phi) is 4.18. The minimum absolute atomic E-state index is 0.296. The molecule has 0 radical (unpaired) electrons. The molecule has 3 heteroatoms. The molecule has 1 N–H and O–H groups in total. The molecule has 0 bridgehead atoms. The van der Waals surface area contributed by atoms with E-state index in [0.29, 0.717) is 6.04 Å². The van der Waals surface area contributed by atoms with E-state index in [2.05, 4.69) is 36.3 Å². The van der Waals surface area contributed by atoms with Gasteiger partial charge in [0.25, 0.3) is 0 Å². The number of aryl methyl sites for hydroxylation is 3. The van der Waals surface area contributed by atoms with Gasteiger partial charge in [0.1, 0.15) is 0 Å². The fraction of sp³-hybridized carbons (Fsp3) is 0.471. The summed E-state index contributed by atoms with van der Waals surface area (Å²) in [5.41, 5.74) is 4.21. The van der Waals surface area contributed by atoms with Gasteiger partial charge in [0.2, 0.25) is 0 Å². The van der Waals surface area contributed by atoms with Gasteiger partial charge in [-0.2, -0.15) is 0 Å². The minimum Gasteiger partial charge on any atom is -0.306 e. The topological polar surface area (TPSA) is 24.9 Å². The van der Waals surface area contributed by atoms with Crippen LogP contribution in [0.1, 0.15) is 52.3 Å². The van der Waals surface area contributed by atoms with Gasteiger partial charge in [-0.3, -0.25) is 4.98 Å². The zero-order chi connectivity index (χ0) is 13.9. The number of hydrogen-bond acceptors (Lipinski definition) is 3. The maximum absolute atomic E-state index is 4.32. The van der Waals surface area contributed by atoms with Gasteiger partial charge in [-0.05, 0) is 68.0 Å². The van der Waals surface area contributed by atoms with Crippen LogP contribution in [0.3, 0.4) is 0 Å². The number of rotatable bonds is 4. The van der Waals surface area contributed by atoms with Crippen LogP contribution in [0.5, 0.6) is 0 Å². The van der Waals surface area contributed by atoms with Gasteiger partial charge in [0.15, 0.2) is 0 Å². The van der Waals surface area contributed by atoms with Crippen molar-refractivity contribution in [1.29, 1.82) is 0 Å². The molecule has 2 heterocycles. The van der Waals surface area contributed by atoms with Crippen LogP contribution >= 0.6 is 11.3 Å². The molecule has 1 aliphatic rings. The van der Waals surface area contributed by atoms with Crippen molar-refractivity contribution in [2.75, 3.05) is 6.54 Å². The van der Waals surface area contributed by atoms with Crippen LogP contribution in [-0.4, -0.2) is 11.5 Å². The molecule has 20 heavy (non-hydrogen) atoms. The highest BCUT2D eigenvalue weighted by molar-refractivity contribution is 7.12. The summed E-state index contributed by atoms with van der Waals surface area (Å²) in [6.07, 6.45) is 9.12. The number of nitrogens with one attached hydrogen (secondary N) is 1. The molecule has 3 rings (SSSR count). The molecule has 0 fully saturated rings. The quantitative estimate of drug-likeness (QED) is 0.918. The fourth-order valence-electron chi connectivity index (χ4n) is 3.00. The van der Waals surface area contributed by atoms with Crippen molar-refractivity contribution in [1.82, 2.24) is 10.3 Å². The van der Waals surface area contributed by atoms with Crippen molar-refractivity contribution < 1.29 is 0 Å². The molecule has 1 atom stereocenters. The lowest BCUT2D eigenvalue weighted by atomic mass is 9.97. The van der Waals surface area contributed by atoms with Crippen LogP contribution < -0.4 is 5.32 Å². The summed E-state index contributed by atoms with van der Waals surface area (Å²) in [6.45, 7) is 5.32. The summed E-state index contributed by atoms with van der Waals surface area (Å²) in [7, 11) is 0. The second kappa shape index (κ2) is 6.06. The predicted octanol–water partition coefficient (Wildman–Crippen LogP) is 4.03. The van der Waals surface area contributed by atoms with Crippen molar-refractivity contribution in [2.24, 2.45) is 0 Å². The number of thiophene rings is 1. The van der Waals surface area contributed by atoms with Gasteiger partial charge >= 0.3 is 0 Å². The Morgan fingerprint density at radius 3 is 2.95 bits per heavy atom. The number of nitrogens with zero attached hydrogens (tertiary/aromatic N) is 1. The first-order valence-electron chi connectivity index (χ1n) is 7.55. The molecule has 2 aromatic heterocycles. The van der Waals surface area contributed by atoms with Gasteiger partial charge in [0, 0.05) is 22.1 Å². The zero-order valence-electron chi connectivity index (χ0n) is 12.3. The average Bonchev–Trinajstić information content (AvgIpc) is 2.89. The lowest BCUT2D eigenvalue weighted by Crippen LogP contribution is -2.22. The first kappa shape index (κ1) is 13.8. The van der Waals surface area contributed by atoms with E-state index in [1.165, 1.54) is 41.7 Å². The fourth-order valence-corrected chi connectivity index (χ4v) is 4.35. The largest absolute Gasteiger partial charge is 0.306 e. The Balaban J connectivity index is 1.98. The maximum Gasteiger partial charge on any atom is 0.0688 e. The summed E-state index contributed by atoms with van der Waals surface area (Å²) >= 11 is 2.00. The monoisotopic (exact) mass is 286 g/mol. The molecule has 0 spiro atoms.